The fraction of sp³-hybridized carbons (Fsp3) is 0.583. The fourth-order valence-electron chi connectivity index (χ4n) is 1.16. The topological polar surface area (TPSA) is 70.9 Å². The van der Waals surface area contributed by atoms with Gasteiger partial charge in [0.1, 0.15) is 0 Å². The van der Waals surface area contributed by atoms with E-state index in [-0.39, 0.29) is 5.56 Å². The van der Waals surface area contributed by atoms with Crippen molar-refractivity contribution in [2.75, 3.05) is 12.8 Å². The van der Waals surface area contributed by atoms with E-state index in [0.29, 0.717) is 5.69 Å². The molecule has 1 aliphatic carbocycles. The monoisotopic (exact) mass is 225 g/mol. The minimum atomic E-state index is -0.162. The summed E-state index contributed by atoms with van der Waals surface area (Å²) in [6.07, 6.45) is 5.75. The minimum Gasteiger partial charge on any atom is -0.399 e. The number of aromatic nitrogens is 1. The molecule has 1 aromatic rings. The van der Waals surface area contributed by atoms with Gasteiger partial charge in [-0.05, 0) is 26.0 Å². The molecule has 1 heterocycles. The average molecular weight is 225 g/mol. The highest BCUT2D eigenvalue weighted by Gasteiger charge is 2.13. The molecule has 0 aliphatic heterocycles. The van der Waals surface area contributed by atoms with E-state index < -0.39 is 0 Å². The van der Waals surface area contributed by atoms with Gasteiger partial charge in [-0.15, -0.1) is 0 Å². The summed E-state index contributed by atoms with van der Waals surface area (Å²) in [7, 11) is 2.03. The van der Waals surface area contributed by atoms with Crippen LogP contribution in [0.15, 0.2) is 23.1 Å². The number of aromatic amines is 1. The molecule has 1 aliphatic rings. The van der Waals surface area contributed by atoms with Crippen LogP contribution in [0.3, 0.4) is 0 Å². The predicted molar refractivity (Wildman–Crippen MR) is 69.5 cm³/mol. The number of nitrogens with two attached hydrogens (primary N) is 1. The Balaban J connectivity index is 0.000000251. The molecule has 4 nitrogen and oxygen atoms in total. The molecule has 0 radical (unpaired) electrons. The average Bonchev–Trinajstić information content (AvgIpc) is 2.19. The van der Waals surface area contributed by atoms with Crippen LogP contribution in [0.1, 0.15) is 33.1 Å². The molecule has 0 amide bonds. The molecule has 0 atom stereocenters. The van der Waals surface area contributed by atoms with Crippen LogP contribution < -0.4 is 16.6 Å². The first-order valence-electron chi connectivity index (χ1n) is 5.84. The van der Waals surface area contributed by atoms with E-state index in [1.165, 1.54) is 31.5 Å². The first-order valence-corrected chi connectivity index (χ1v) is 5.84. The molecular formula is C12H23N3O. The van der Waals surface area contributed by atoms with E-state index in [0.717, 1.165) is 6.04 Å². The number of anilines is 1. The van der Waals surface area contributed by atoms with Crippen LogP contribution in [0.4, 0.5) is 5.69 Å². The van der Waals surface area contributed by atoms with Gasteiger partial charge in [0.15, 0.2) is 0 Å². The maximum Gasteiger partial charge on any atom is 0.249 e. The molecule has 2 rings (SSSR count). The van der Waals surface area contributed by atoms with E-state index in [2.05, 4.69) is 10.3 Å². The van der Waals surface area contributed by atoms with Crippen LogP contribution in [0, 0.1) is 0 Å². The summed E-state index contributed by atoms with van der Waals surface area (Å²) < 4.78 is 0. The summed E-state index contributed by atoms with van der Waals surface area (Å²) >= 11 is 0. The van der Waals surface area contributed by atoms with Crippen LogP contribution in [0.25, 0.3) is 0 Å². The van der Waals surface area contributed by atoms with Gasteiger partial charge in [0.05, 0.1) is 0 Å². The highest BCUT2D eigenvalue weighted by molar-refractivity contribution is 5.33. The summed E-state index contributed by atoms with van der Waals surface area (Å²) in [5.74, 6) is 0. The second kappa shape index (κ2) is 8.97. The van der Waals surface area contributed by atoms with Crippen LogP contribution in [0.5, 0.6) is 0 Å². The lowest BCUT2D eigenvalue weighted by atomic mass is 9.94. The predicted octanol–water partition coefficient (Wildman–Crippen LogP) is 1.74. The van der Waals surface area contributed by atoms with Gasteiger partial charge in [0.25, 0.3) is 0 Å². The molecule has 0 saturated heterocycles. The minimum absolute atomic E-state index is 0.162. The maximum atomic E-state index is 10.4. The number of nitrogens with one attached hydrogen (secondary N) is 2. The zero-order valence-electron chi connectivity index (χ0n) is 10.4. The molecule has 0 aromatic carbocycles. The SMILES string of the molecule is CC.CNC1CCC1.Nc1cc[nH]c(=O)c1. The first kappa shape index (κ1) is 14.7. The lowest BCUT2D eigenvalue weighted by Gasteiger charge is -2.23. The summed E-state index contributed by atoms with van der Waals surface area (Å²) in [5.41, 5.74) is 5.57. The van der Waals surface area contributed by atoms with Crippen molar-refractivity contribution in [3.63, 3.8) is 0 Å². The van der Waals surface area contributed by atoms with Crippen molar-refractivity contribution in [3.05, 3.63) is 28.7 Å². The Morgan fingerprint density at radius 1 is 1.44 bits per heavy atom. The standard InChI is InChI=1S/C5H6N2O.C5H11N.C2H6/c6-4-1-2-7-5(8)3-4;1-6-5-3-2-4-5;1-2/h1-3H,(H3,6,7,8);5-6H,2-4H2,1H3;1-2H3. The largest absolute Gasteiger partial charge is 0.399 e. The number of nitrogen functional groups attached to an aromatic ring is 1. The van der Waals surface area contributed by atoms with Gasteiger partial charge in [-0.2, -0.15) is 0 Å². The second-order valence-corrected chi connectivity index (χ2v) is 3.40. The van der Waals surface area contributed by atoms with Crippen molar-refractivity contribution < 1.29 is 0 Å². The molecule has 0 bridgehead atoms. The Labute approximate surface area is 97.3 Å². The Kier molecular flexibility index (Phi) is 8.25. The Bertz CT molecular complexity index is 315. The number of hydrogen-bond donors (Lipinski definition) is 3. The van der Waals surface area contributed by atoms with E-state index in [9.17, 15) is 4.79 Å². The highest BCUT2D eigenvalue weighted by atomic mass is 16.1. The number of hydrogen-bond acceptors (Lipinski definition) is 3. The number of rotatable bonds is 1. The lowest BCUT2D eigenvalue weighted by molar-refractivity contribution is 0.361. The number of pyridine rings is 1. The molecule has 1 aromatic heterocycles. The van der Waals surface area contributed by atoms with Gasteiger partial charge in [-0.25, -0.2) is 0 Å². The molecule has 1 saturated carbocycles. The van der Waals surface area contributed by atoms with Crippen molar-refractivity contribution >= 4 is 5.69 Å². The Morgan fingerprint density at radius 2 is 2.06 bits per heavy atom. The van der Waals surface area contributed by atoms with Crippen molar-refractivity contribution in [1.82, 2.24) is 10.3 Å². The molecule has 4 heteroatoms. The molecule has 1 fully saturated rings. The number of H-pyrrole nitrogens is 1. The van der Waals surface area contributed by atoms with E-state index in [1.807, 2.05) is 20.9 Å². The van der Waals surface area contributed by atoms with Gasteiger partial charge in [-0.1, -0.05) is 20.3 Å². The highest BCUT2D eigenvalue weighted by Crippen LogP contribution is 2.16. The van der Waals surface area contributed by atoms with E-state index >= 15 is 0 Å². The van der Waals surface area contributed by atoms with Crippen molar-refractivity contribution in [2.45, 2.75) is 39.2 Å². The normalized spacial score (nSPS) is 13.7. The van der Waals surface area contributed by atoms with E-state index in [1.54, 1.807) is 6.07 Å². The van der Waals surface area contributed by atoms with Crippen LogP contribution in [-0.2, 0) is 0 Å². The first-order chi connectivity index (χ1) is 7.72. The Morgan fingerprint density at radius 3 is 2.25 bits per heavy atom. The summed E-state index contributed by atoms with van der Waals surface area (Å²) in [6.45, 7) is 4.00. The van der Waals surface area contributed by atoms with Gasteiger partial charge in [-0.3, -0.25) is 4.79 Å². The van der Waals surface area contributed by atoms with Crippen LogP contribution in [0.2, 0.25) is 0 Å². The van der Waals surface area contributed by atoms with Gasteiger partial charge >= 0.3 is 0 Å². The van der Waals surface area contributed by atoms with Crippen LogP contribution in [-0.4, -0.2) is 18.1 Å². The van der Waals surface area contributed by atoms with E-state index in [4.69, 9.17) is 5.73 Å². The molecule has 0 unspecified atom stereocenters. The maximum absolute atomic E-state index is 10.4. The van der Waals surface area contributed by atoms with Gasteiger partial charge in [0.2, 0.25) is 5.56 Å². The zero-order valence-corrected chi connectivity index (χ0v) is 10.4. The van der Waals surface area contributed by atoms with Gasteiger partial charge in [0, 0.05) is 24.0 Å². The molecule has 16 heavy (non-hydrogen) atoms. The summed E-state index contributed by atoms with van der Waals surface area (Å²) in [4.78, 5) is 12.8. The van der Waals surface area contributed by atoms with Crippen molar-refractivity contribution in [1.29, 1.82) is 0 Å². The zero-order chi connectivity index (χ0) is 12.4. The third-order valence-electron chi connectivity index (χ3n) is 2.31. The third kappa shape index (κ3) is 6.24. The molecule has 92 valence electrons. The third-order valence-corrected chi connectivity index (χ3v) is 2.31. The van der Waals surface area contributed by atoms with Crippen LogP contribution >= 0.6 is 0 Å². The van der Waals surface area contributed by atoms with Gasteiger partial charge < -0.3 is 16.0 Å². The fourth-order valence-corrected chi connectivity index (χ4v) is 1.16. The second-order valence-electron chi connectivity index (χ2n) is 3.40. The molecule has 0 spiro atoms. The summed E-state index contributed by atoms with van der Waals surface area (Å²) in [6, 6.07) is 3.83. The summed E-state index contributed by atoms with van der Waals surface area (Å²) in [5, 5.41) is 3.20. The van der Waals surface area contributed by atoms with Crippen molar-refractivity contribution in [3.8, 4) is 0 Å². The quantitative estimate of drug-likeness (QED) is 0.682. The smallest absolute Gasteiger partial charge is 0.249 e. The molecular weight excluding hydrogens is 202 g/mol. The lowest BCUT2D eigenvalue weighted by Crippen LogP contribution is -2.31. The van der Waals surface area contributed by atoms with Crippen molar-refractivity contribution in [2.24, 2.45) is 0 Å². The Hall–Kier alpha value is -1.29. The molecule has 4 N–H and O–H groups in total.